The first-order chi connectivity index (χ1) is 14.7. The highest BCUT2D eigenvalue weighted by Crippen LogP contribution is 2.30. The Kier molecular flexibility index (Phi) is 7.00. The van der Waals surface area contributed by atoms with Crippen molar-refractivity contribution in [3.8, 4) is 0 Å². The first kappa shape index (κ1) is 22.8. The monoisotopic (exact) mass is 446 g/mol. The van der Waals surface area contributed by atoms with Gasteiger partial charge in [-0.2, -0.15) is 5.10 Å². The fourth-order valence-corrected chi connectivity index (χ4v) is 3.72. The summed E-state index contributed by atoms with van der Waals surface area (Å²) in [4.78, 5) is 31.0. The van der Waals surface area contributed by atoms with Crippen LogP contribution >= 0.6 is 11.6 Å². The molecule has 1 N–H and O–H groups in total. The van der Waals surface area contributed by atoms with Gasteiger partial charge in [-0.1, -0.05) is 28.9 Å². The van der Waals surface area contributed by atoms with Crippen LogP contribution in [0.15, 0.2) is 35.5 Å². The van der Waals surface area contributed by atoms with Crippen LogP contribution in [0.1, 0.15) is 55.0 Å². The van der Waals surface area contributed by atoms with Crippen LogP contribution in [0.2, 0.25) is 5.02 Å². The van der Waals surface area contributed by atoms with E-state index in [2.05, 4.69) is 15.6 Å². The average Bonchev–Trinajstić information content (AvgIpc) is 3.31. The summed E-state index contributed by atoms with van der Waals surface area (Å²) in [7, 11) is 0. The van der Waals surface area contributed by atoms with Gasteiger partial charge >= 0.3 is 5.97 Å². The van der Waals surface area contributed by atoms with Gasteiger partial charge in [0.15, 0.2) is 0 Å². The molecule has 8 nitrogen and oxygen atoms in total. The second-order valence-electron chi connectivity index (χ2n) is 7.84. The van der Waals surface area contributed by atoms with Gasteiger partial charge in [0.25, 0.3) is 5.91 Å². The predicted molar refractivity (Wildman–Crippen MR) is 117 cm³/mol. The van der Waals surface area contributed by atoms with E-state index in [1.807, 2.05) is 32.9 Å². The zero-order valence-corrected chi connectivity index (χ0v) is 18.9. The minimum Gasteiger partial charge on any atom is -0.463 e. The van der Waals surface area contributed by atoms with E-state index >= 15 is 0 Å². The topological polar surface area (TPSA) is 94.8 Å². The summed E-state index contributed by atoms with van der Waals surface area (Å²) in [5.74, 6) is -0.756. The van der Waals surface area contributed by atoms with Crippen molar-refractivity contribution in [3.63, 3.8) is 0 Å². The van der Waals surface area contributed by atoms with Crippen molar-refractivity contribution >= 4 is 29.2 Å². The van der Waals surface area contributed by atoms with Gasteiger partial charge in [0.1, 0.15) is 5.69 Å². The van der Waals surface area contributed by atoms with Gasteiger partial charge in [-0.05, 0) is 51.5 Å². The molecular formula is C22H27ClN4O4. The van der Waals surface area contributed by atoms with Crippen molar-refractivity contribution in [3.05, 3.63) is 52.3 Å². The Labute approximate surface area is 186 Å². The number of ether oxygens (including phenoxy) is 1. The molecule has 9 heteroatoms. The number of nitrogens with one attached hydrogen (secondary N) is 1. The number of halogens is 1. The highest BCUT2D eigenvalue weighted by atomic mass is 35.5. The van der Waals surface area contributed by atoms with Crippen molar-refractivity contribution in [2.45, 2.75) is 52.2 Å². The Morgan fingerprint density at radius 3 is 2.81 bits per heavy atom. The first-order valence-electron chi connectivity index (χ1n) is 10.2. The smallest absolute Gasteiger partial charge is 0.354 e. The lowest BCUT2D eigenvalue weighted by molar-refractivity contribution is -0.168. The minimum atomic E-state index is -1.28. The highest BCUT2D eigenvalue weighted by Gasteiger charge is 2.48. The third-order valence-electron chi connectivity index (χ3n) is 4.90. The number of carbonyl (C=O) groups excluding carboxylic acids is 2. The van der Waals surface area contributed by atoms with Crippen LogP contribution in [0.4, 0.5) is 0 Å². The van der Waals surface area contributed by atoms with Crippen molar-refractivity contribution < 1.29 is 19.2 Å². The lowest BCUT2D eigenvalue weighted by Crippen LogP contribution is -2.43. The van der Waals surface area contributed by atoms with E-state index in [1.54, 1.807) is 29.8 Å². The minimum absolute atomic E-state index is 0.0516. The Morgan fingerprint density at radius 2 is 2.13 bits per heavy atom. The summed E-state index contributed by atoms with van der Waals surface area (Å²) in [5, 5.41) is 11.9. The number of hydrogen-bond donors (Lipinski definition) is 1. The zero-order chi connectivity index (χ0) is 22.6. The zero-order valence-electron chi connectivity index (χ0n) is 18.1. The van der Waals surface area contributed by atoms with Gasteiger partial charge < -0.3 is 14.9 Å². The quantitative estimate of drug-likeness (QED) is 0.626. The molecule has 1 amide bonds. The third-order valence-corrected chi connectivity index (χ3v) is 5.13. The number of aromatic nitrogens is 2. The lowest BCUT2D eigenvalue weighted by atomic mass is 9.89. The van der Waals surface area contributed by atoms with Crippen LogP contribution in [-0.2, 0) is 20.8 Å². The molecule has 1 unspecified atom stereocenters. The summed E-state index contributed by atoms with van der Waals surface area (Å²) >= 11 is 6.08. The van der Waals surface area contributed by atoms with E-state index in [1.165, 1.54) is 0 Å². The second-order valence-corrected chi connectivity index (χ2v) is 8.28. The number of aryl methyl sites for hydroxylation is 1. The van der Waals surface area contributed by atoms with E-state index < -0.39 is 11.6 Å². The van der Waals surface area contributed by atoms with Crippen molar-refractivity contribution in [1.82, 2.24) is 15.1 Å². The van der Waals surface area contributed by atoms with Crippen LogP contribution in [-0.4, -0.2) is 46.1 Å². The van der Waals surface area contributed by atoms with Crippen LogP contribution in [0.3, 0.4) is 0 Å². The number of oxime groups is 1. The Hall–Kier alpha value is -2.87. The molecule has 1 aromatic carbocycles. The summed E-state index contributed by atoms with van der Waals surface area (Å²) < 4.78 is 6.93. The van der Waals surface area contributed by atoms with Crippen molar-refractivity contribution in [1.29, 1.82) is 0 Å². The number of carbonyl (C=O) groups is 2. The summed E-state index contributed by atoms with van der Waals surface area (Å²) in [5.41, 5.74) is 1.34. The van der Waals surface area contributed by atoms with E-state index in [0.717, 1.165) is 11.3 Å². The molecule has 0 fully saturated rings. The molecule has 0 spiro atoms. The number of nitrogens with zero attached hydrogens (tertiary/aromatic N) is 3. The molecule has 0 saturated heterocycles. The molecule has 0 aliphatic carbocycles. The number of esters is 1. The van der Waals surface area contributed by atoms with Gasteiger partial charge in [0.05, 0.1) is 24.6 Å². The predicted octanol–water partition coefficient (Wildman–Crippen LogP) is 3.48. The summed E-state index contributed by atoms with van der Waals surface area (Å²) in [6, 6.07) is 9.01. The van der Waals surface area contributed by atoms with Gasteiger partial charge in [-0.3, -0.25) is 9.48 Å². The molecule has 2 aromatic rings. The molecule has 1 aromatic heterocycles. The lowest BCUT2D eigenvalue weighted by Gasteiger charge is -2.24. The van der Waals surface area contributed by atoms with Gasteiger partial charge in [0, 0.05) is 23.9 Å². The maximum Gasteiger partial charge on any atom is 0.354 e. The van der Waals surface area contributed by atoms with Crippen molar-refractivity contribution in [2.24, 2.45) is 5.16 Å². The number of amides is 1. The number of hydrogen-bond acceptors (Lipinski definition) is 6. The Balaban J connectivity index is 1.70. The molecule has 0 radical (unpaired) electrons. The van der Waals surface area contributed by atoms with Gasteiger partial charge in [0.2, 0.25) is 5.60 Å². The number of rotatable bonds is 8. The average molecular weight is 447 g/mol. The molecule has 2 heterocycles. The molecule has 31 heavy (non-hydrogen) atoms. The van der Waals surface area contributed by atoms with Crippen LogP contribution in [0.5, 0.6) is 0 Å². The first-order valence-corrected chi connectivity index (χ1v) is 10.6. The Bertz CT molecular complexity index is 1000. The highest BCUT2D eigenvalue weighted by molar-refractivity contribution is 6.30. The largest absolute Gasteiger partial charge is 0.463 e. The van der Waals surface area contributed by atoms with E-state index in [0.29, 0.717) is 16.4 Å². The Morgan fingerprint density at radius 1 is 1.35 bits per heavy atom. The molecular weight excluding hydrogens is 420 g/mol. The molecule has 166 valence electrons. The molecule has 0 saturated carbocycles. The molecule has 1 atom stereocenters. The molecule has 1 aliphatic heterocycles. The maximum atomic E-state index is 12.7. The van der Waals surface area contributed by atoms with Gasteiger partial charge in [-0.25, -0.2) is 4.79 Å². The van der Waals surface area contributed by atoms with Crippen LogP contribution < -0.4 is 5.32 Å². The van der Waals surface area contributed by atoms with Gasteiger partial charge in [-0.15, -0.1) is 0 Å². The normalized spacial score (nSPS) is 17.9. The summed E-state index contributed by atoms with van der Waals surface area (Å²) in [6.07, 6.45) is 0.466. The number of benzene rings is 1. The fourth-order valence-electron chi connectivity index (χ4n) is 3.51. The summed E-state index contributed by atoms with van der Waals surface area (Å²) in [6.45, 7) is 7.88. The van der Waals surface area contributed by atoms with E-state index in [9.17, 15) is 9.59 Å². The van der Waals surface area contributed by atoms with Crippen LogP contribution in [0, 0.1) is 6.92 Å². The molecule has 1 aliphatic rings. The standard InChI is InChI=1S/C22H27ClN4O4/c1-5-30-21(29)22(11-16-7-6-8-17(23)10-16)12-18(26-31-22)13-24-20(28)19-9-15(4)25-27(19)14(2)3/h6-10,14H,5,11-13H2,1-4H3,(H,24,28). The molecule has 0 bridgehead atoms. The third kappa shape index (κ3) is 5.25. The van der Waals surface area contributed by atoms with E-state index in [-0.39, 0.29) is 37.9 Å². The van der Waals surface area contributed by atoms with E-state index in [4.69, 9.17) is 21.2 Å². The maximum absolute atomic E-state index is 12.7. The van der Waals surface area contributed by atoms with Crippen molar-refractivity contribution in [2.75, 3.05) is 13.2 Å². The second kappa shape index (κ2) is 9.51. The fraction of sp³-hybridized carbons (Fsp3) is 0.455. The van der Waals surface area contributed by atoms with Crippen LogP contribution in [0.25, 0.3) is 0 Å². The molecule has 3 rings (SSSR count). The SMILES string of the molecule is CCOC(=O)C1(Cc2cccc(Cl)c2)CC(CNC(=O)c2cc(C)nn2C(C)C)=NO1.